The first-order valence-corrected chi connectivity index (χ1v) is 6.04. The van der Waals surface area contributed by atoms with Gasteiger partial charge >= 0.3 is 0 Å². The molecule has 1 saturated heterocycles. The van der Waals surface area contributed by atoms with Gasteiger partial charge in [0, 0.05) is 19.6 Å². The molecule has 0 aliphatic carbocycles. The molecule has 0 aromatic carbocycles. The second-order valence-corrected chi connectivity index (χ2v) is 4.71. The number of hydrogen-bond acceptors (Lipinski definition) is 5. The van der Waals surface area contributed by atoms with Gasteiger partial charge in [0.05, 0.1) is 17.9 Å². The summed E-state index contributed by atoms with van der Waals surface area (Å²) in [5, 5.41) is 8.41. The van der Waals surface area contributed by atoms with Crippen molar-refractivity contribution in [2.45, 2.75) is 39.5 Å². The van der Waals surface area contributed by atoms with Gasteiger partial charge in [0.2, 0.25) is 0 Å². The number of rotatable bonds is 2. The highest BCUT2D eigenvalue weighted by atomic mass is 35.5. The highest BCUT2D eigenvalue weighted by Crippen LogP contribution is 2.21. The Morgan fingerprint density at radius 3 is 2.44 bits per heavy atom. The first-order chi connectivity index (χ1) is 8.10. The van der Waals surface area contributed by atoms with E-state index >= 15 is 0 Å². The third-order valence-corrected chi connectivity index (χ3v) is 2.94. The van der Waals surface area contributed by atoms with Gasteiger partial charge in [0.25, 0.3) is 0 Å². The van der Waals surface area contributed by atoms with Crippen molar-refractivity contribution in [1.29, 1.82) is 0 Å². The number of nitrogens with zero attached hydrogens (tertiary/aromatic N) is 3. The second kappa shape index (κ2) is 6.31. The Morgan fingerprint density at radius 2 is 1.94 bits per heavy atom. The summed E-state index contributed by atoms with van der Waals surface area (Å²) in [5.74, 6) is 0.948. The number of morpholine rings is 1. The van der Waals surface area contributed by atoms with Crippen LogP contribution in [0.1, 0.15) is 25.1 Å². The number of anilines is 1. The molecule has 0 spiro atoms. The minimum Gasteiger partial charge on any atom is -0.372 e. The molecule has 5 nitrogen and oxygen atoms in total. The van der Waals surface area contributed by atoms with Gasteiger partial charge in [0.1, 0.15) is 0 Å². The predicted octanol–water partition coefficient (Wildman–Crippen LogP) is 1.28. The maximum Gasteiger partial charge on any atom is 0.154 e. The van der Waals surface area contributed by atoms with E-state index in [1.807, 2.05) is 13.0 Å². The van der Waals surface area contributed by atoms with Crippen LogP contribution in [0.2, 0.25) is 0 Å². The van der Waals surface area contributed by atoms with Crippen LogP contribution >= 0.6 is 12.4 Å². The van der Waals surface area contributed by atoms with Crippen molar-refractivity contribution >= 4 is 18.2 Å². The summed E-state index contributed by atoms with van der Waals surface area (Å²) in [4.78, 5) is 2.24. The summed E-state index contributed by atoms with van der Waals surface area (Å²) in [5.41, 5.74) is 7.52. The molecular weight excluding hydrogens is 252 g/mol. The molecule has 2 atom stereocenters. The molecule has 2 heterocycles. The smallest absolute Gasteiger partial charge is 0.154 e. The van der Waals surface area contributed by atoms with Crippen molar-refractivity contribution in [1.82, 2.24) is 10.2 Å². The zero-order chi connectivity index (χ0) is 12.4. The van der Waals surface area contributed by atoms with E-state index in [1.165, 1.54) is 0 Å². The molecular formula is C12H21ClN4O. The molecule has 2 N–H and O–H groups in total. The van der Waals surface area contributed by atoms with Crippen LogP contribution in [0.3, 0.4) is 0 Å². The largest absolute Gasteiger partial charge is 0.372 e. The molecule has 0 bridgehead atoms. The third-order valence-electron chi connectivity index (χ3n) is 2.94. The molecule has 1 aliphatic rings. The van der Waals surface area contributed by atoms with Gasteiger partial charge < -0.3 is 15.4 Å². The lowest BCUT2D eigenvalue weighted by molar-refractivity contribution is -0.00553. The van der Waals surface area contributed by atoms with Gasteiger partial charge in [-0.15, -0.1) is 17.5 Å². The van der Waals surface area contributed by atoms with E-state index in [1.54, 1.807) is 0 Å². The first kappa shape index (κ1) is 15.1. The summed E-state index contributed by atoms with van der Waals surface area (Å²) in [7, 11) is 0. The zero-order valence-corrected chi connectivity index (χ0v) is 11.9. The number of aromatic nitrogens is 2. The van der Waals surface area contributed by atoms with Gasteiger partial charge in [0.15, 0.2) is 5.82 Å². The van der Waals surface area contributed by atoms with Crippen molar-refractivity contribution in [3.63, 3.8) is 0 Å². The minimum absolute atomic E-state index is 0. The fraction of sp³-hybridized carbons (Fsp3) is 0.667. The monoisotopic (exact) mass is 272 g/mol. The van der Waals surface area contributed by atoms with Crippen LogP contribution in [0.15, 0.2) is 6.07 Å². The molecule has 6 heteroatoms. The molecule has 0 saturated carbocycles. The van der Waals surface area contributed by atoms with E-state index in [2.05, 4.69) is 28.9 Å². The van der Waals surface area contributed by atoms with Crippen molar-refractivity contribution in [3.8, 4) is 0 Å². The number of halogens is 1. The highest BCUT2D eigenvalue weighted by molar-refractivity contribution is 5.85. The molecule has 0 radical (unpaired) electrons. The highest BCUT2D eigenvalue weighted by Gasteiger charge is 2.24. The van der Waals surface area contributed by atoms with Crippen LogP contribution in [0.5, 0.6) is 0 Å². The second-order valence-electron chi connectivity index (χ2n) is 4.71. The Bertz CT molecular complexity index is 392. The molecule has 1 fully saturated rings. The van der Waals surface area contributed by atoms with Gasteiger partial charge in [-0.3, -0.25) is 0 Å². The maximum absolute atomic E-state index is 5.71. The number of aryl methyl sites for hydroxylation is 1. The number of ether oxygens (including phenoxy) is 1. The average molecular weight is 273 g/mol. The van der Waals surface area contributed by atoms with E-state index in [0.717, 1.165) is 30.2 Å². The van der Waals surface area contributed by atoms with Crippen LogP contribution in [-0.4, -0.2) is 35.5 Å². The normalized spacial score (nSPS) is 23.7. The fourth-order valence-electron chi connectivity index (χ4n) is 2.30. The Balaban J connectivity index is 0.00000162. The first-order valence-electron chi connectivity index (χ1n) is 6.04. The van der Waals surface area contributed by atoms with Crippen molar-refractivity contribution in [2.75, 3.05) is 18.0 Å². The molecule has 18 heavy (non-hydrogen) atoms. The number of nitrogens with two attached hydrogens (primary N) is 1. The van der Waals surface area contributed by atoms with Crippen LogP contribution < -0.4 is 10.6 Å². The van der Waals surface area contributed by atoms with Crippen LogP contribution in [-0.2, 0) is 11.3 Å². The topological polar surface area (TPSA) is 64.3 Å². The molecule has 1 aromatic heterocycles. The molecule has 0 amide bonds. The fourth-order valence-corrected chi connectivity index (χ4v) is 2.30. The summed E-state index contributed by atoms with van der Waals surface area (Å²) in [6.45, 7) is 8.38. The Morgan fingerprint density at radius 1 is 1.33 bits per heavy atom. The molecule has 1 aliphatic heterocycles. The van der Waals surface area contributed by atoms with Gasteiger partial charge in [-0.2, -0.15) is 5.10 Å². The Labute approximate surface area is 114 Å². The van der Waals surface area contributed by atoms with Gasteiger partial charge in [-0.05, 0) is 32.4 Å². The van der Waals surface area contributed by atoms with E-state index in [0.29, 0.717) is 6.54 Å². The van der Waals surface area contributed by atoms with Crippen LogP contribution in [0.25, 0.3) is 0 Å². The standard InChI is InChI=1S/C12H20N4O.ClH/c1-8-4-11(5-13)14-15-12(8)16-6-9(2)17-10(3)7-16;/h4,9-10H,5-7,13H2,1-3H3;1H/t9-,10-;/m0./s1. The van der Waals surface area contributed by atoms with Crippen molar-refractivity contribution in [2.24, 2.45) is 5.73 Å². The molecule has 1 aromatic rings. The van der Waals surface area contributed by atoms with Crippen LogP contribution in [0, 0.1) is 6.92 Å². The molecule has 102 valence electrons. The summed E-state index contributed by atoms with van der Waals surface area (Å²) < 4.78 is 5.71. The van der Waals surface area contributed by atoms with Crippen molar-refractivity contribution < 1.29 is 4.74 Å². The van der Waals surface area contributed by atoms with E-state index in [-0.39, 0.29) is 24.6 Å². The maximum atomic E-state index is 5.71. The summed E-state index contributed by atoms with van der Waals surface area (Å²) in [6.07, 6.45) is 0.461. The van der Waals surface area contributed by atoms with E-state index < -0.39 is 0 Å². The molecule has 2 rings (SSSR count). The quantitative estimate of drug-likeness (QED) is 0.879. The van der Waals surface area contributed by atoms with Crippen molar-refractivity contribution in [3.05, 3.63) is 17.3 Å². The number of hydrogen-bond donors (Lipinski definition) is 1. The summed E-state index contributed by atoms with van der Waals surface area (Å²) in [6, 6.07) is 2.01. The lowest BCUT2D eigenvalue weighted by atomic mass is 10.2. The minimum atomic E-state index is 0. The summed E-state index contributed by atoms with van der Waals surface area (Å²) >= 11 is 0. The lowest BCUT2D eigenvalue weighted by Crippen LogP contribution is -2.46. The van der Waals surface area contributed by atoms with E-state index in [4.69, 9.17) is 10.5 Å². The van der Waals surface area contributed by atoms with Crippen LogP contribution in [0.4, 0.5) is 5.82 Å². The van der Waals surface area contributed by atoms with Gasteiger partial charge in [-0.1, -0.05) is 0 Å². The van der Waals surface area contributed by atoms with Gasteiger partial charge in [-0.25, -0.2) is 0 Å². The molecule has 0 unspecified atom stereocenters. The third kappa shape index (κ3) is 3.31. The SMILES string of the molecule is Cc1cc(CN)nnc1N1C[C@H](C)O[C@@H](C)C1.Cl. The average Bonchev–Trinajstić information content (AvgIpc) is 2.27. The van der Waals surface area contributed by atoms with E-state index in [9.17, 15) is 0 Å². The zero-order valence-electron chi connectivity index (χ0n) is 11.1. The lowest BCUT2D eigenvalue weighted by Gasteiger charge is -2.36. The Kier molecular flexibility index (Phi) is 5.31. The predicted molar refractivity (Wildman–Crippen MR) is 74.1 cm³/mol. The Hall–Kier alpha value is -0.910.